The van der Waals surface area contributed by atoms with Gasteiger partial charge in [0.05, 0.1) is 12.3 Å². The number of rotatable bonds is 11. The minimum atomic E-state index is -4.72. The number of phosphoric ester groups is 1. The van der Waals surface area contributed by atoms with E-state index in [0.29, 0.717) is 6.42 Å². The molecule has 9 N–H and O–H groups in total. The molecule has 0 saturated carbocycles. The SMILES string of the molecule is Cc1ncc(COP(=O)(O)O)c(CNC(CCCN=C(N)N)C(=O)O)c1O. The lowest BCUT2D eigenvalue weighted by Gasteiger charge is -2.17. The average molecular weight is 405 g/mol. The maximum Gasteiger partial charge on any atom is 0.469 e. The number of aromatic hydroxyl groups is 1. The third-order valence-electron chi connectivity index (χ3n) is 3.59. The fraction of sp³-hybridized carbons (Fsp3) is 0.500. The number of carboxylic acids is 1. The normalized spacial score (nSPS) is 12.6. The minimum absolute atomic E-state index is 0.0751. The van der Waals surface area contributed by atoms with Crippen molar-refractivity contribution < 1.29 is 33.9 Å². The molecular formula is C14H24N5O7P. The lowest BCUT2D eigenvalue weighted by molar-refractivity contribution is -0.139. The first kappa shape index (κ1) is 22.8. The summed E-state index contributed by atoms with van der Waals surface area (Å²) in [6.07, 6.45) is 1.94. The molecule has 1 aromatic heterocycles. The third kappa shape index (κ3) is 8.33. The lowest BCUT2D eigenvalue weighted by Crippen LogP contribution is -2.36. The second-order valence-corrected chi connectivity index (χ2v) is 6.92. The average Bonchev–Trinajstić information content (AvgIpc) is 2.55. The summed E-state index contributed by atoms with van der Waals surface area (Å²) in [6, 6.07) is -0.942. The maximum atomic E-state index is 11.4. The molecule has 0 aliphatic carbocycles. The monoisotopic (exact) mass is 405 g/mol. The number of carboxylic acid groups (broad SMARTS) is 1. The zero-order chi connectivity index (χ0) is 20.6. The summed E-state index contributed by atoms with van der Waals surface area (Å²) in [5.74, 6) is -1.39. The predicted molar refractivity (Wildman–Crippen MR) is 95.6 cm³/mol. The van der Waals surface area contributed by atoms with Gasteiger partial charge in [-0.1, -0.05) is 0 Å². The molecule has 1 unspecified atom stereocenters. The van der Waals surface area contributed by atoms with Crippen LogP contribution < -0.4 is 16.8 Å². The molecule has 0 amide bonds. The van der Waals surface area contributed by atoms with E-state index in [1.165, 1.54) is 13.1 Å². The van der Waals surface area contributed by atoms with Gasteiger partial charge >= 0.3 is 13.8 Å². The number of aliphatic carboxylic acids is 1. The molecule has 0 saturated heterocycles. The van der Waals surface area contributed by atoms with Crippen LogP contribution in [-0.4, -0.2) is 49.5 Å². The fourth-order valence-electron chi connectivity index (χ4n) is 2.20. The zero-order valence-corrected chi connectivity index (χ0v) is 15.6. The Morgan fingerprint density at radius 3 is 2.67 bits per heavy atom. The second-order valence-electron chi connectivity index (χ2n) is 5.68. The Labute approximate surface area is 155 Å². The second kappa shape index (κ2) is 10.2. The first-order valence-electron chi connectivity index (χ1n) is 7.89. The molecule has 0 aliphatic rings. The van der Waals surface area contributed by atoms with Crippen molar-refractivity contribution in [3.05, 3.63) is 23.0 Å². The van der Waals surface area contributed by atoms with Crippen molar-refractivity contribution in [1.82, 2.24) is 10.3 Å². The van der Waals surface area contributed by atoms with Gasteiger partial charge in [0.15, 0.2) is 5.96 Å². The van der Waals surface area contributed by atoms with Crippen molar-refractivity contribution in [3.8, 4) is 5.75 Å². The Morgan fingerprint density at radius 1 is 1.44 bits per heavy atom. The van der Waals surface area contributed by atoms with Gasteiger partial charge in [0.25, 0.3) is 0 Å². The molecule has 1 rings (SSSR count). The van der Waals surface area contributed by atoms with Crippen LogP contribution in [0.3, 0.4) is 0 Å². The number of pyridine rings is 1. The van der Waals surface area contributed by atoms with E-state index < -0.39 is 26.4 Å². The molecular weight excluding hydrogens is 381 g/mol. The predicted octanol–water partition coefficient (Wildman–Crippen LogP) is -0.699. The van der Waals surface area contributed by atoms with Crippen LogP contribution in [0.4, 0.5) is 0 Å². The number of aliphatic imine (C=N–C) groups is 1. The molecule has 13 heteroatoms. The quantitative estimate of drug-likeness (QED) is 0.106. The summed E-state index contributed by atoms with van der Waals surface area (Å²) in [7, 11) is -4.72. The number of hydrogen-bond donors (Lipinski definition) is 7. The zero-order valence-electron chi connectivity index (χ0n) is 14.7. The van der Waals surface area contributed by atoms with Gasteiger partial charge in [-0.05, 0) is 19.8 Å². The highest BCUT2D eigenvalue weighted by Gasteiger charge is 2.21. The third-order valence-corrected chi connectivity index (χ3v) is 4.05. The summed E-state index contributed by atoms with van der Waals surface area (Å²) < 4.78 is 15.3. The van der Waals surface area contributed by atoms with Crippen molar-refractivity contribution in [2.75, 3.05) is 6.54 Å². The van der Waals surface area contributed by atoms with Crippen LogP contribution in [0, 0.1) is 6.92 Å². The molecule has 27 heavy (non-hydrogen) atoms. The highest BCUT2D eigenvalue weighted by molar-refractivity contribution is 7.46. The number of aromatic nitrogens is 1. The van der Waals surface area contributed by atoms with Gasteiger partial charge in [-0.3, -0.25) is 19.3 Å². The van der Waals surface area contributed by atoms with Crippen LogP contribution in [0.25, 0.3) is 0 Å². The van der Waals surface area contributed by atoms with Crippen molar-refractivity contribution >= 4 is 19.8 Å². The summed E-state index contributed by atoms with van der Waals surface area (Å²) in [4.78, 5) is 36.7. The van der Waals surface area contributed by atoms with E-state index in [-0.39, 0.29) is 48.0 Å². The molecule has 1 aromatic rings. The van der Waals surface area contributed by atoms with Crippen LogP contribution in [0.5, 0.6) is 5.75 Å². The summed E-state index contributed by atoms with van der Waals surface area (Å²) in [5, 5.41) is 22.3. The summed E-state index contributed by atoms with van der Waals surface area (Å²) in [5.41, 5.74) is 11.2. The number of nitrogens with two attached hydrogens (primary N) is 2. The number of aryl methyl sites for hydroxylation is 1. The van der Waals surface area contributed by atoms with Crippen LogP contribution >= 0.6 is 7.82 Å². The molecule has 0 aliphatic heterocycles. The molecule has 0 spiro atoms. The van der Waals surface area contributed by atoms with Crippen LogP contribution in [0.2, 0.25) is 0 Å². The van der Waals surface area contributed by atoms with Gasteiger partial charge in [0, 0.05) is 30.4 Å². The number of carbonyl (C=O) groups is 1. The Hall–Kier alpha value is -2.24. The van der Waals surface area contributed by atoms with Crippen molar-refractivity contribution in [2.24, 2.45) is 16.5 Å². The number of guanidine groups is 1. The van der Waals surface area contributed by atoms with Crippen molar-refractivity contribution in [3.63, 3.8) is 0 Å². The maximum absolute atomic E-state index is 11.4. The highest BCUT2D eigenvalue weighted by atomic mass is 31.2. The summed E-state index contributed by atoms with van der Waals surface area (Å²) >= 11 is 0. The Morgan fingerprint density at radius 2 is 2.11 bits per heavy atom. The number of nitrogens with one attached hydrogen (secondary N) is 1. The standard InChI is InChI=1S/C14H24N5O7P/c1-8-12(20)10(9(5-18-8)7-26-27(23,24)25)6-19-11(13(21)22)3-2-4-17-14(15)16/h5,11,19-20H,2-4,6-7H2,1H3,(H,21,22)(H4,15,16,17)(H2,23,24,25). The molecule has 0 bridgehead atoms. The molecule has 1 heterocycles. The Kier molecular flexibility index (Phi) is 8.60. The fourth-order valence-corrected chi connectivity index (χ4v) is 2.51. The van der Waals surface area contributed by atoms with Gasteiger partial charge in [-0.15, -0.1) is 0 Å². The Balaban J connectivity index is 2.84. The molecule has 1 atom stereocenters. The first-order chi connectivity index (χ1) is 12.5. The van der Waals surface area contributed by atoms with Crippen LogP contribution in [-0.2, 0) is 27.0 Å². The van der Waals surface area contributed by atoms with Gasteiger partial charge in [-0.2, -0.15) is 0 Å². The van der Waals surface area contributed by atoms with E-state index in [2.05, 4.69) is 19.8 Å². The first-order valence-corrected chi connectivity index (χ1v) is 9.42. The van der Waals surface area contributed by atoms with Crippen LogP contribution in [0.1, 0.15) is 29.7 Å². The number of phosphoric acid groups is 1. The molecule has 12 nitrogen and oxygen atoms in total. The van der Waals surface area contributed by atoms with Crippen molar-refractivity contribution in [1.29, 1.82) is 0 Å². The summed E-state index contributed by atoms with van der Waals surface area (Å²) in [6.45, 7) is 1.24. The minimum Gasteiger partial charge on any atom is -0.506 e. The smallest absolute Gasteiger partial charge is 0.469 e. The lowest BCUT2D eigenvalue weighted by atomic mass is 10.1. The van der Waals surface area contributed by atoms with Gasteiger partial charge < -0.3 is 36.8 Å². The van der Waals surface area contributed by atoms with E-state index in [4.69, 9.17) is 21.3 Å². The largest absolute Gasteiger partial charge is 0.506 e. The molecule has 0 aromatic carbocycles. The highest BCUT2D eigenvalue weighted by Crippen LogP contribution is 2.38. The number of nitrogens with zero attached hydrogens (tertiary/aromatic N) is 2. The van der Waals surface area contributed by atoms with Gasteiger partial charge in [0.1, 0.15) is 11.8 Å². The van der Waals surface area contributed by atoms with E-state index >= 15 is 0 Å². The molecule has 0 fully saturated rings. The van der Waals surface area contributed by atoms with E-state index in [9.17, 15) is 19.6 Å². The van der Waals surface area contributed by atoms with E-state index in [1.54, 1.807) is 0 Å². The molecule has 0 radical (unpaired) electrons. The van der Waals surface area contributed by atoms with Gasteiger partial charge in [-0.25, -0.2) is 4.57 Å². The molecule has 152 valence electrons. The van der Waals surface area contributed by atoms with E-state index in [1.807, 2.05) is 0 Å². The topological polar surface area (TPSA) is 214 Å². The van der Waals surface area contributed by atoms with Crippen LogP contribution in [0.15, 0.2) is 11.2 Å². The Bertz CT molecular complexity index is 733. The van der Waals surface area contributed by atoms with Gasteiger partial charge in [0.2, 0.25) is 0 Å². The van der Waals surface area contributed by atoms with Crippen molar-refractivity contribution in [2.45, 2.75) is 39.0 Å². The number of hydrogen-bond acceptors (Lipinski definition) is 7. The van der Waals surface area contributed by atoms with E-state index in [0.717, 1.165) is 0 Å².